The van der Waals surface area contributed by atoms with Gasteiger partial charge in [-0.1, -0.05) is 38.9 Å². The lowest BCUT2D eigenvalue weighted by atomic mass is 10.3. The summed E-state index contributed by atoms with van der Waals surface area (Å²) in [6.07, 6.45) is 0. The molecule has 0 saturated carbocycles. The third-order valence-corrected chi connectivity index (χ3v) is 3.47. The molecule has 5 nitrogen and oxygen atoms in total. The maximum atomic E-state index is 5.98. The number of nitrogens with one attached hydrogen (secondary N) is 1. The third-order valence-electron chi connectivity index (χ3n) is 1.83. The van der Waals surface area contributed by atoms with Crippen molar-refractivity contribution in [2.75, 3.05) is 5.43 Å². The molecule has 0 saturated heterocycles. The molecular formula is C9H8BrClN4OS. The smallest absolute Gasteiger partial charge is 0.219 e. The summed E-state index contributed by atoms with van der Waals surface area (Å²) in [6.45, 7) is 0.301. The van der Waals surface area contributed by atoms with Crippen molar-refractivity contribution < 1.29 is 4.74 Å². The Kier molecular flexibility index (Phi) is 4.16. The fourth-order valence-corrected chi connectivity index (χ4v) is 2.17. The molecule has 0 aliphatic heterocycles. The highest BCUT2D eigenvalue weighted by Gasteiger charge is 2.06. The molecule has 0 fully saturated rings. The first-order valence-corrected chi connectivity index (χ1v) is 6.54. The van der Waals surface area contributed by atoms with Crippen molar-refractivity contribution in [2.24, 2.45) is 5.84 Å². The lowest BCUT2D eigenvalue weighted by Gasteiger charge is -2.05. The van der Waals surface area contributed by atoms with Crippen molar-refractivity contribution in [3.8, 4) is 5.75 Å². The topological polar surface area (TPSA) is 73.1 Å². The van der Waals surface area contributed by atoms with Crippen LogP contribution in [0.15, 0.2) is 22.7 Å². The average Bonchev–Trinajstić information content (AvgIpc) is 2.78. The molecule has 0 spiro atoms. The van der Waals surface area contributed by atoms with Gasteiger partial charge in [0.1, 0.15) is 12.4 Å². The second-order valence-electron chi connectivity index (χ2n) is 3.01. The standard InChI is InChI=1S/C9H8BrClN4OS/c10-5-1-2-6(11)7(3-5)16-4-8-14-15-9(13-12)17-8/h1-3H,4,12H2,(H,13,15). The van der Waals surface area contributed by atoms with Gasteiger partial charge in [0.15, 0.2) is 5.01 Å². The van der Waals surface area contributed by atoms with E-state index in [2.05, 4.69) is 31.6 Å². The number of aromatic nitrogens is 2. The largest absolute Gasteiger partial charge is 0.485 e. The number of benzene rings is 1. The van der Waals surface area contributed by atoms with Crippen LogP contribution in [0.4, 0.5) is 5.13 Å². The van der Waals surface area contributed by atoms with Crippen LogP contribution in [0.25, 0.3) is 0 Å². The quantitative estimate of drug-likeness (QED) is 0.664. The molecule has 0 amide bonds. The van der Waals surface area contributed by atoms with Crippen LogP contribution < -0.4 is 16.0 Å². The lowest BCUT2D eigenvalue weighted by molar-refractivity contribution is 0.304. The van der Waals surface area contributed by atoms with Crippen molar-refractivity contribution >= 4 is 44.0 Å². The van der Waals surface area contributed by atoms with Gasteiger partial charge in [-0.15, -0.1) is 10.2 Å². The van der Waals surface area contributed by atoms with Crippen LogP contribution in [0.2, 0.25) is 5.02 Å². The van der Waals surface area contributed by atoms with E-state index in [0.717, 1.165) is 4.47 Å². The van der Waals surface area contributed by atoms with Gasteiger partial charge in [-0.05, 0) is 18.2 Å². The number of anilines is 1. The van der Waals surface area contributed by atoms with Crippen molar-refractivity contribution in [3.05, 3.63) is 32.7 Å². The molecule has 0 aliphatic carbocycles. The van der Waals surface area contributed by atoms with Crippen LogP contribution in [-0.4, -0.2) is 10.2 Å². The van der Waals surface area contributed by atoms with E-state index in [1.165, 1.54) is 11.3 Å². The van der Waals surface area contributed by atoms with Crippen molar-refractivity contribution in [3.63, 3.8) is 0 Å². The number of hydrazine groups is 1. The predicted molar refractivity (Wildman–Crippen MR) is 71.2 cm³/mol. The minimum atomic E-state index is 0.301. The fraction of sp³-hybridized carbons (Fsp3) is 0.111. The third kappa shape index (κ3) is 3.29. The Hall–Kier alpha value is -0.890. The van der Waals surface area contributed by atoms with E-state index in [4.69, 9.17) is 22.2 Å². The van der Waals surface area contributed by atoms with Gasteiger partial charge in [-0.2, -0.15) is 0 Å². The summed E-state index contributed by atoms with van der Waals surface area (Å²) in [5.41, 5.74) is 2.42. The Balaban J connectivity index is 2.04. The summed E-state index contributed by atoms with van der Waals surface area (Å²) in [4.78, 5) is 0. The molecule has 0 radical (unpaired) electrons. The number of halogens is 2. The highest BCUT2D eigenvalue weighted by Crippen LogP contribution is 2.29. The van der Waals surface area contributed by atoms with E-state index in [1.807, 2.05) is 6.07 Å². The average molecular weight is 336 g/mol. The van der Waals surface area contributed by atoms with E-state index >= 15 is 0 Å². The lowest BCUT2D eigenvalue weighted by Crippen LogP contribution is -2.05. The van der Waals surface area contributed by atoms with Crippen molar-refractivity contribution in [1.29, 1.82) is 0 Å². The Bertz CT molecular complexity index is 521. The van der Waals surface area contributed by atoms with E-state index in [-0.39, 0.29) is 0 Å². The first kappa shape index (κ1) is 12.6. The molecule has 1 aromatic carbocycles. The van der Waals surface area contributed by atoms with Crippen molar-refractivity contribution in [1.82, 2.24) is 10.2 Å². The molecule has 0 aliphatic rings. The van der Waals surface area contributed by atoms with Crippen LogP contribution >= 0.6 is 38.9 Å². The maximum absolute atomic E-state index is 5.98. The fourth-order valence-electron chi connectivity index (χ4n) is 1.10. The zero-order valence-electron chi connectivity index (χ0n) is 8.48. The number of nitrogen functional groups attached to an aromatic ring is 1. The molecular weight excluding hydrogens is 328 g/mol. The summed E-state index contributed by atoms with van der Waals surface area (Å²) in [6, 6.07) is 5.40. The summed E-state index contributed by atoms with van der Waals surface area (Å²) in [5.74, 6) is 5.80. The van der Waals surface area contributed by atoms with Gasteiger partial charge in [0.2, 0.25) is 5.13 Å². The normalized spacial score (nSPS) is 10.3. The van der Waals surface area contributed by atoms with Crippen LogP contribution in [-0.2, 0) is 6.61 Å². The molecule has 1 aromatic heterocycles. The molecule has 0 bridgehead atoms. The van der Waals surface area contributed by atoms with E-state index in [1.54, 1.807) is 12.1 Å². The van der Waals surface area contributed by atoms with Gasteiger partial charge < -0.3 is 4.74 Å². The zero-order chi connectivity index (χ0) is 12.3. The van der Waals surface area contributed by atoms with Gasteiger partial charge in [0, 0.05) is 4.47 Å². The minimum absolute atomic E-state index is 0.301. The van der Waals surface area contributed by atoms with Crippen LogP contribution in [0, 0.1) is 0 Å². The molecule has 2 aromatic rings. The number of nitrogens with two attached hydrogens (primary N) is 1. The summed E-state index contributed by atoms with van der Waals surface area (Å²) >= 11 is 10.7. The summed E-state index contributed by atoms with van der Waals surface area (Å²) in [7, 11) is 0. The number of nitrogens with zero attached hydrogens (tertiary/aromatic N) is 2. The van der Waals surface area contributed by atoms with Crippen LogP contribution in [0.3, 0.4) is 0 Å². The molecule has 1 heterocycles. The Morgan fingerprint density at radius 3 is 3.00 bits per heavy atom. The molecule has 2 rings (SSSR count). The second-order valence-corrected chi connectivity index (χ2v) is 5.39. The molecule has 0 unspecified atom stereocenters. The highest BCUT2D eigenvalue weighted by molar-refractivity contribution is 9.10. The Morgan fingerprint density at radius 1 is 1.47 bits per heavy atom. The second kappa shape index (κ2) is 5.63. The van der Waals surface area contributed by atoms with Gasteiger partial charge in [-0.3, -0.25) is 5.43 Å². The molecule has 17 heavy (non-hydrogen) atoms. The maximum Gasteiger partial charge on any atom is 0.219 e. The summed E-state index contributed by atoms with van der Waals surface area (Å²) < 4.78 is 6.44. The van der Waals surface area contributed by atoms with Crippen LogP contribution in [0.5, 0.6) is 5.75 Å². The van der Waals surface area contributed by atoms with Gasteiger partial charge >= 0.3 is 0 Å². The SMILES string of the molecule is NNc1nnc(COc2cc(Br)ccc2Cl)s1. The first-order valence-electron chi connectivity index (χ1n) is 4.56. The van der Waals surface area contributed by atoms with Crippen LogP contribution in [0.1, 0.15) is 5.01 Å². The predicted octanol–water partition coefficient (Wildman–Crippen LogP) is 2.82. The highest BCUT2D eigenvalue weighted by atomic mass is 79.9. The monoisotopic (exact) mass is 334 g/mol. The molecule has 3 N–H and O–H groups in total. The van der Waals surface area contributed by atoms with Gasteiger partial charge in [0.25, 0.3) is 0 Å². The van der Waals surface area contributed by atoms with Gasteiger partial charge in [0.05, 0.1) is 5.02 Å². The van der Waals surface area contributed by atoms with E-state index in [9.17, 15) is 0 Å². The van der Waals surface area contributed by atoms with E-state index < -0.39 is 0 Å². The van der Waals surface area contributed by atoms with E-state index in [0.29, 0.717) is 27.5 Å². The first-order chi connectivity index (χ1) is 8.19. The molecule has 90 valence electrons. The summed E-state index contributed by atoms with van der Waals surface area (Å²) in [5, 5.41) is 9.51. The Morgan fingerprint density at radius 2 is 2.29 bits per heavy atom. The number of ether oxygens (including phenoxy) is 1. The number of hydrogen-bond donors (Lipinski definition) is 2. The Labute approximate surface area is 115 Å². The van der Waals surface area contributed by atoms with Gasteiger partial charge in [-0.25, -0.2) is 5.84 Å². The minimum Gasteiger partial charge on any atom is -0.485 e. The molecule has 0 atom stereocenters. The number of hydrogen-bond acceptors (Lipinski definition) is 6. The zero-order valence-corrected chi connectivity index (χ0v) is 11.6. The van der Waals surface area contributed by atoms with Crippen molar-refractivity contribution in [2.45, 2.75) is 6.61 Å². The number of rotatable bonds is 4. The molecule has 8 heteroatoms.